The zero-order chi connectivity index (χ0) is 13.8. The van der Waals surface area contributed by atoms with Gasteiger partial charge in [0.15, 0.2) is 0 Å². The molecule has 2 rings (SSSR count). The minimum atomic E-state index is 0.659. The molecule has 1 aromatic heterocycles. The Hall–Kier alpha value is -1.26. The first-order valence-corrected chi connectivity index (χ1v) is 7.49. The minimum Gasteiger partial charge on any atom is -0.310 e. The van der Waals surface area contributed by atoms with E-state index in [2.05, 4.69) is 61.4 Å². The van der Waals surface area contributed by atoms with Crippen molar-refractivity contribution in [2.75, 3.05) is 6.54 Å². The first kappa shape index (κ1) is 14.2. The number of aryl methyl sites for hydroxylation is 1. The number of hydrogen-bond acceptors (Lipinski definition) is 4. The van der Waals surface area contributed by atoms with Gasteiger partial charge in [-0.05, 0) is 37.4 Å². The number of nitrogens with zero attached hydrogens (tertiary/aromatic N) is 2. The molecule has 0 radical (unpaired) electrons. The molecule has 2 aromatic rings. The summed E-state index contributed by atoms with van der Waals surface area (Å²) in [6, 6.07) is 6.33. The van der Waals surface area contributed by atoms with Gasteiger partial charge in [-0.25, -0.2) is 0 Å². The quantitative estimate of drug-likeness (QED) is 0.906. The highest BCUT2D eigenvalue weighted by atomic mass is 32.1. The maximum absolute atomic E-state index is 4.31. The summed E-state index contributed by atoms with van der Waals surface area (Å²) >= 11 is 1.68. The van der Waals surface area contributed by atoms with E-state index in [-0.39, 0.29) is 0 Å². The topological polar surface area (TPSA) is 37.8 Å². The summed E-state index contributed by atoms with van der Waals surface area (Å²) < 4.78 is 0. The van der Waals surface area contributed by atoms with Crippen molar-refractivity contribution in [1.82, 2.24) is 15.5 Å². The minimum absolute atomic E-state index is 0.659. The van der Waals surface area contributed by atoms with Crippen LogP contribution in [0.1, 0.15) is 30.0 Å². The Kier molecular flexibility index (Phi) is 4.66. The van der Waals surface area contributed by atoms with Crippen molar-refractivity contribution in [2.24, 2.45) is 5.92 Å². The molecule has 0 spiro atoms. The van der Waals surface area contributed by atoms with Gasteiger partial charge in [-0.3, -0.25) is 0 Å². The average molecular weight is 275 g/mol. The van der Waals surface area contributed by atoms with E-state index in [1.54, 1.807) is 11.3 Å². The summed E-state index contributed by atoms with van der Waals surface area (Å²) in [5.74, 6) is 0.659. The van der Waals surface area contributed by atoms with E-state index < -0.39 is 0 Å². The largest absolute Gasteiger partial charge is 0.310 e. The third kappa shape index (κ3) is 3.61. The summed E-state index contributed by atoms with van der Waals surface area (Å²) in [6.07, 6.45) is 0. The van der Waals surface area contributed by atoms with Crippen molar-refractivity contribution < 1.29 is 0 Å². The second-order valence-corrected chi connectivity index (χ2v) is 6.34. The van der Waals surface area contributed by atoms with Gasteiger partial charge in [-0.15, -0.1) is 10.2 Å². The molecule has 0 unspecified atom stereocenters. The van der Waals surface area contributed by atoms with Crippen LogP contribution >= 0.6 is 11.3 Å². The van der Waals surface area contributed by atoms with Crippen LogP contribution in [-0.2, 0) is 6.54 Å². The lowest BCUT2D eigenvalue weighted by molar-refractivity contribution is 0.550. The Labute approximate surface area is 119 Å². The standard InChI is InChI=1S/C15H21N3S/c1-10(2)8-16-9-14-17-18-15(19-14)13-7-5-6-11(3)12(13)4/h5-7,10,16H,8-9H2,1-4H3. The maximum atomic E-state index is 4.31. The zero-order valence-electron chi connectivity index (χ0n) is 12.0. The van der Waals surface area contributed by atoms with E-state index in [9.17, 15) is 0 Å². The van der Waals surface area contributed by atoms with E-state index in [1.165, 1.54) is 16.7 Å². The number of nitrogens with one attached hydrogen (secondary N) is 1. The Balaban J connectivity index is 2.10. The SMILES string of the molecule is Cc1cccc(-c2nnc(CNCC(C)C)s2)c1C. The third-order valence-corrected chi connectivity index (χ3v) is 4.09. The lowest BCUT2D eigenvalue weighted by atomic mass is 10.0. The van der Waals surface area contributed by atoms with Gasteiger partial charge in [-0.1, -0.05) is 43.4 Å². The summed E-state index contributed by atoms with van der Waals surface area (Å²) in [4.78, 5) is 0. The molecule has 3 nitrogen and oxygen atoms in total. The van der Waals surface area contributed by atoms with Gasteiger partial charge in [0.1, 0.15) is 10.0 Å². The van der Waals surface area contributed by atoms with Crippen LogP contribution in [0.15, 0.2) is 18.2 Å². The van der Waals surface area contributed by atoms with Crippen LogP contribution < -0.4 is 5.32 Å². The van der Waals surface area contributed by atoms with Gasteiger partial charge in [-0.2, -0.15) is 0 Å². The van der Waals surface area contributed by atoms with Gasteiger partial charge in [0.05, 0.1) is 0 Å². The summed E-state index contributed by atoms with van der Waals surface area (Å²) in [6.45, 7) is 10.5. The van der Waals surface area contributed by atoms with Crippen LogP contribution in [0.3, 0.4) is 0 Å². The molecular formula is C15H21N3S. The fourth-order valence-electron chi connectivity index (χ4n) is 1.88. The Morgan fingerprint density at radius 1 is 1.21 bits per heavy atom. The van der Waals surface area contributed by atoms with Gasteiger partial charge in [0, 0.05) is 12.1 Å². The molecule has 0 atom stereocenters. The van der Waals surface area contributed by atoms with Crippen molar-refractivity contribution in [3.8, 4) is 10.6 Å². The van der Waals surface area contributed by atoms with Crippen LogP contribution in [0.25, 0.3) is 10.6 Å². The Morgan fingerprint density at radius 3 is 2.74 bits per heavy atom. The molecule has 0 amide bonds. The summed E-state index contributed by atoms with van der Waals surface area (Å²) in [5.41, 5.74) is 3.79. The summed E-state index contributed by atoms with van der Waals surface area (Å²) in [5, 5.41) is 14.0. The van der Waals surface area contributed by atoms with Crippen LogP contribution in [0.2, 0.25) is 0 Å². The molecular weight excluding hydrogens is 254 g/mol. The lowest BCUT2D eigenvalue weighted by Crippen LogP contribution is -2.18. The summed E-state index contributed by atoms with van der Waals surface area (Å²) in [7, 11) is 0. The molecule has 0 saturated carbocycles. The molecule has 0 bridgehead atoms. The molecule has 4 heteroatoms. The van der Waals surface area contributed by atoms with Gasteiger partial charge in [0.2, 0.25) is 0 Å². The molecule has 0 aliphatic rings. The molecule has 0 fully saturated rings. The number of rotatable bonds is 5. The average Bonchev–Trinajstić information content (AvgIpc) is 2.81. The smallest absolute Gasteiger partial charge is 0.148 e. The van der Waals surface area contributed by atoms with E-state index >= 15 is 0 Å². The van der Waals surface area contributed by atoms with E-state index in [4.69, 9.17) is 0 Å². The van der Waals surface area contributed by atoms with E-state index in [0.29, 0.717) is 5.92 Å². The van der Waals surface area contributed by atoms with Crippen LogP contribution in [0.5, 0.6) is 0 Å². The first-order valence-electron chi connectivity index (χ1n) is 6.67. The molecule has 1 aromatic carbocycles. The second-order valence-electron chi connectivity index (χ2n) is 5.27. The normalized spacial score (nSPS) is 11.2. The van der Waals surface area contributed by atoms with Crippen LogP contribution in [0.4, 0.5) is 0 Å². The van der Waals surface area contributed by atoms with Crippen molar-refractivity contribution in [3.63, 3.8) is 0 Å². The highest BCUT2D eigenvalue weighted by Crippen LogP contribution is 2.28. The third-order valence-electron chi connectivity index (χ3n) is 3.13. The van der Waals surface area contributed by atoms with Crippen molar-refractivity contribution in [2.45, 2.75) is 34.2 Å². The molecule has 19 heavy (non-hydrogen) atoms. The lowest BCUT2D eigenvalue weighted by Gasteiger charge is -2.05. The van der Waals surface area contributed by atoms with Crippen molar-refractivity contribution in [1.29, 1.82) is 0 Å². The molecule has 102 valence electrons. The van der Waals surface area contributed by atoms with Crippen LogP contribution in [0, 0.1) is 19.8 Å². The van der Waals surface area contributed by atoms with Gasteiger partial charge in [0.25, 0.3) is 0 Å². The predicted octanol–water partition coefficient (Wildman–Crippen LogP) is 3.57. The second kappa shape index (κ2) is 6.26. The van der Waals surface area contributed by atoms with Crippen molar-refractivity contribution >= 4 is 11.3 Å². The maximum Gasteiger partial charge on any atom is 0.148 e. The zero-order valence-corrected chi connectivity index (χ0v) is 12.8. The highest BCUT2D eigenvalue weighted by molar-refractivity contribution is 7.14. The molecule has 1 N–H and O–H groups in total. The molecule has 0 saturated heterocycles. The number of hydrogen-bond donors (Lipinski definition) is 1. The van der Waals surface area contributed by atoms with Crippen molar-refractivity contribution in [3.05, 3.63) is 34.3 Å². The fraction of sp³-hybridized carbons (Fsp3) is 0.467. The van der Waals surface area contributed by atoms with E-state index in [1.807, 2.05) is 0 Å². The number of benzene rings is 1. The van der Waals surface area contributed by atoms with Gasteiger partial charge >= 0.3 is 0 Å². The van der Waals surface area contributed by atoms with Crippen LogP contribution in [-0.4, -0.2) is 16.7 Å². The predicted molar refractivity (Wildman–Crippen MR) is 81.4 cm³/mol. The first-order chi connectivity index (χ1) is 9.08. The monoisotopic (exact) mass is 275 g/mol. The molecule has 1 heterocycles. The van der Waals surface area contributed by atoms with E-state index in [0.717, 1.165) is 23.1 Å². The fourth-order valence-corrected chi connectivity index (χ4v) is 2.78. The molecule has 0 aliphatic carbocycles. The van der Waals surface area contributed by atoms with Gasteiger partial charge < -0.3 is 5.32 Å². The molecule has 0 aliphatic heterocycles. The Morgan fingerprint density at radius 2 is 2.00 bits per heavy atom. The highest BCUT2D eigenvalue weighted by Gasteiger charge is 2.09. The number of aromatic nitrogens is 2. The Bertz CT molecular complexity index is 546.